The van der Waals surface area contributed by atoms with Crippen molar-refractivity contribution >= 4 is 24.4 Å². The van der Waals surface area contributed by atoms with E-state index in [9.17, 15) is 14.7 Å². The van der Waals surface area contributed by atoms with Gasteiger partial charge >= 0.3 is 0 Å². The predicted octanol–water partition coefficient (Wildman–Crippen LogP) is 2.81. The highest BCUT2D eigenvalue weighted by Crippen LogP contribution is 2.28. The highest BCUT2D eigenvalue weighted by molar-refractivity contribution is 7.80. The van der Waals surface area contributed by atoms with Crippen LogP contribution < -0.4 is 10.8 Å². The van der Waals surface area contributed by atoms with Crippen LogP contribution in [0, 0.1) is 11.8 Å². The first-order valence-corrected chi connectivity index (χ1v) is 10.8. The highest BCUT2D eigenvalue weighted by atomic mass is 32.1. The Morgan fingerprint density at radius 2 is 1.79 bits per heavy atom. The van der Waals surface area contributed by atoms with Gasteiger partial charge < -0.3 is 15.6 Å². The molecule has 156 valence electrons. The van der Waals surface area contributed by atoms with Gasteiger partial charge in [0.15, 0.2) is 5.78 Å². The predicted molar refractivity (Wildman–Crippen MR) is 118 cm³/mol. The van der Waals surface area contributed by atoms with E-state index in [0.717, 1.165) is 35.3 Å². The molecular weight excluding hydrogens is 382 g/mol. The Morgan fingerprint density at radius 3 is 2.38 bits per heavy atom. The Labute approximate surface area is 178 Å². The van der Waals surface area contributed by atoms with Crippen molar-refractivity contribution in [1.29, 1.82) is 0 Å². The maximum Gasteiger partial charge on any atom is 0.164 e. The molecule has 0 bridgehead atoms. The third-order valence-electron chi connectivity index (χ3n) is 5.09. The topological polar surface area (TPSA) is 84.8 Å². The number of thiol groups is 1. The molecule has 5 heteroatoms. The molecule has 4 nitrogen and oxygen atoms in total. The van der Waals surface area contributed by atoms with Crippen molar-refractivity contribution in [3.05, 3.63) is 59.7 Å². The van der Waals surface area contributed by atoms with Crippen molar-refractivity contribution in [2.24, 2.45) is 11.8 Å². The number of aryl methyl sites for hydroxylation is 1. The van der Waals surface area contributed by atoms with Crippen molar-refractivity contribution in [2.75, 3.05) is 5.75 Å². The lowest BCUT2D eigenvalue weighted by atomic mass is 9.87. The first-order valence-electron chi connectivity index (χ1n) is 10.2. The number of ketones is 1. The standard InChI is InChI=1S/C24H31NO3S/c1-16(2)12-19(24(27)28)14-23(26)21-11-9-17(8-10-20(25)15-29)13-22(21)18-6-4-3-5-7-18/h3-7,9,11,13,16,19-20,29H,8,10,12,14-15,25H2,1-2H3,(H,27,28)/t19-,20-/m1/s1. The van der Waals surface area contributed by atoms with Crippen molar-refractivity contribution < 1.29 is 20.4 Å². The number of aliphatic carboxylic acids is 1. The van der Waals surface area contributed by atoms with E-state index >= 15 is 0 Å². The minimum Gasteiger partial charge on any atom is -0.550 e. The van der Waals surface area contributed by atoms with Crippen molar-refractivity contribution in [3.63, 3.8) is 0 Å². The number of hydrogen-bond acceptors (Lipinski definition) is 4. The average molecular weight is 414 g/mol. The summed E-state index contributed by atoms with van der Waals surface area (Å²) in [7, 11) is 0. The van der Waals surface area contributed by atoms with Gasteiger partial charge in [-0.05, 0) is 35.4 Å². The van der Waals surface area contributed by atoms with E-state index in [1.54, 1.807) is 0 Å². The minimum atomic E-state index is -1.15. The summed E-state index contributed by atoms with van der Waals surface area (Å²) in [5.74, 6) is -1.16. The van der Waals surface area contributed by atoms with Crippen LogP contribution in [-0.2, 0) is 11.2 Å². The molecule has 0 aliphatic heterocycles. The lowest BCUT2D eigenvalue weighted by molar-refractivity contribution is -0.413. The number of quaternary nitrogens is 1. The fourth-order valence-electron chi connectivity index (χ4n) is 3.47. The van der Waals surface area contributed by atoms with E-state index in [4.69, 9.17) is 0 Å². The summed E-state index contributed by atoms with van der Waals surface area (Å²) in [5, 5.41) is 11.5. The number of rotatable bonds is 11. The number of hydrogen-bond donors (Lipinski definition) is 2. The second-order valence-electron chi connectivity index (χ2n) is 8.11. The van der Waals surface area contributed by atoms with Gasteiger partial charge in [-0.25, -0.2) is 0 Å². The number of carbonyl (C=O) groups is 2. The second-order valence-corrected chi connectivity index (χ2v) is 8.47. The SMILES string of the molecule is CC(C)C[C@H](CC(=O)c1ccc(CC[C@@H]([NH3+])CS)cc1-c1ccccc1)C(=O)[O-]. The summed E-state index contributed by atoms with van der Waals surface area (Å²) in [6.45, 7) is 3.90. The molecule has 0 fully saturated rings. The van der Waals surface area contributed by atoms with Crippen LogP contribution in [0.4, 0.5) is 0 Å². The van der Waals surface area contributed by atoms with Gasteiger partial charge in [0.25, 0.3) is 0 Å². The Bertz CT molecular complexity index is 820. The fourth-order valence-corrected chi connectivity index (χ4v) is 3.66. The van der Waals surface area contributed by atoms with E-state index in [0.29, 0.717) is 12.0 Å². The van der Waals surface area contributed by atoms with Crippen molar-refractivity contribution in [2.45, 2.75) is 45.6 Å². The van der Waals surface area contributed by atoms with Crippen LogP contribution >= 0.6 is 12.6 Å². The maximum absolute atomic E-state index is 13.0. The first-order chi connectivity index (χ1) is 13.8. The Hall–Kier alpha value is -2.11. The van der Waals surface area contributed by atoms with Gasteiger partial charge in [0.2, 0.25) is 0 Å². The number of Topliss-reactive ketones (excluding diaryl/α,β-unsaturated/α-hetero) is 1. The molecular formula is C24H31NO3S. The van der Waals surface area contributed by atoms with Gasteiger partial charge in [0, 0.05) is 36.0 Å². The van der Waals surface area contributed by atoms with Crippen LogP contribution in [0.5, 0.6) is 0 Å². The van der Waals surface area contributed by atoms with Crippen LogP contribution in [0.3, 0.4) is 0 Å². The molecule has 2 aromatic rings. The van der Waals surface area contributed by atoms with Crippen molar-refractivity contribution in [3.8, 4) is 11.1 Å². The zero-order valence-electron chi connectivity index (χ0n) is 17.3. The number of benzene rings is 2. The maximum atomic E-state index is 13.0. The zero-order chi connectivity index (χ0) is 21.4. The van der Waals surface area contributed by atoms with Gasteiger partial charge in [0.1, 0.15) is 0 Å². The summed E-state index contributed by atoms with van der Waals surface area (Å²) < 4.78 is 0. The lowest BCUT2D eigenvalue weighted by Crippen LogP contribution is -2.62. The van der Waals surface area contributed by atoms with Crippen LogP contribution in [0.15, 0.2) is 48.5 Å². The summed E-state index contributed by atoms with van der Waals surface area (Å²) in [6, 6.07) is 15.9. The van der Waals surface area contributed by atoms with Gasteiger partial charge in [-0.2, -0.15) is 12.6 Å². The molecule has 3 N–H and O–H groups in total. The molecule has 0 heterocycles. The Kier molecular flexibility index (Phi) is 8.93. The smallest absolute Gasteiger partial charge is 0.164 e. The lowest BCUT2D eigenvalue weighted by Gasteiger charge is -2.20. The third kappa shape index (κ3) is 7.02. The summed E-state index contributed by atoms with van der Waals surface area (Å²) in [6.07, 6.45) is 2.17. The molecule has 0 amide bonds. The highest BCUT2D eigenvalue weighted by Gasteiger charge is 2.21. The molecule has 29 heavy (non-hydrogen) atoms. The van der Waals surface area contributed by atoms with E-state index in [-0.39, 0.29) is 24.2 Å². The summed E-state index contributed by atoms with van der Waals surface area (Å²) in [4.78, 5) is 24.6. The van der Waals surface area contributed by atoms with Gasteiger partial charge in [-0.3, -0.25) is 4.79 Å². The van der Waals surface area contributed by atoms with Crippen LogP contribution in [-0.4, -0.2) is 23.5 Å². The van der Waals surface area contributed by atoms with Crippen LogP contribution in [0.1, 0.15) is 49.0 Å². The largest absolute Gasteiger partial charge is 0.550 e. The molecule has 0 aromatic heterocycles. The van der Waals surface area contributed by atoms with Crippen molar-refractivity contribution in [1.82, 2.24) is 0 Å². The summed E-state index contributed by atoms with van der Waals surface area (Å²) in [5.41, 5.74) is 7.58. The third-order valence-corrected chi connectivity index (χ3v) is 5.61. The molecule has 0 saturated carbocycles. The number of carboxylic acid groups (broad SMARTS) is 1. The second kappa shape index (κ2) is 11.2. The molecule has 0 unspecified atom stereocenters. The first kappa shape index (κ1) is 23.2. The molecule has 2 atom stereocenters. The van der Waals surface area contributed by atoms with Gasteiger partial charge in [0.05, 0.1) is 6.04 Å². The molecule has 2 aromatic carbocycles. The molecule has 0 aliphatic carbocycles. The monoisotopic (exact) mass is 413 g/mol. The van der Waals surface area contributed by atoms with Crippen LogP contribution in [0.2, 0.25) is 0 Å². The van der Waals surface area contributed by atoms with E-state index < -0.39 is 11.9 Å². The Morgan fingerprint density at radius 1 is 1.10 bits per heavy atom. The van der Waals surface area contributed by atoms with E-state index in [2.05, 4.69) is 18.4 Å². The molecule has 0 spiro atoms. The molecule has 2 rings (SSSR count). The fraction of sp³-hybridized carbons (Fsp3) is 0.417. The van der Waals surface area contributed by atoms with E-state index in [1.807, 2.05) is 62.4 Å². The number of carbonyl (C=O) groups excluding carboxylic acids is 2. The Balaban J connectivity index is 2.34. The normalized spacial score (nSPS) is 13.3. The van der Waals surface area contributed by atoms with Gasteiger partial charge in [-0.15, -0.1) is 0 Å². The molecule has 0 radical (unpaired) electrons. The minimum absolute atomic E-state index is 0.0414. The summed E-state index contributed by atoms with van der Waals surface area (Å²) >= 11 is 4.29. The quantitative estimate of drug-likeness (QED) is 0.439. The molecule has 0 saturated heterocycles. The van der Waals surface area contributed by atoms with Gasteiger partial charge in [-0.1, -0.05) is 62.4 Å². The average Bonchev–Trinajstić information content (AvgIpc) is 2.71. The zero-order valence-corrected chi connectivity index (χ0v) is 18.2. The molecule has 0 aliphatic rings. The number of carboxylic acids is 1. The van der Waals surface area contributed by atoms with Crippen LogP contribution in [0.25, 0.3) is 11.1 Å². The van der Waals surface area contributed by atoms with E-state index in [1.165, 1.54) is 0 Å².